The Bertz CT molecular complexity index is 914. The number of aromatic amines is 1. The van der Waals surface area contributed by atoms with Crippen LogP contribution in [0.1, 0.15) is 23.8 Å². The number of halogens is 3. The first kappa shape index (κ1) is 21.9. The van der Waals surface area contributed by atoms with Crippen LogP contribution in [0.25, 0.3) is 11.3 Å². The number of aliphatic hydroxyl groups is 1. The van der Waals surface area contributed by atoms with Gasteiger partial charge in [-0.2, -0.15) is 13.9 Å². The van der Waals surface area contributed by atoms with Gasteiger partial charge in [0, 0.05) is 17.8 Å². The maximum absolute atomic E-state index is 13.0. The molecule has 1 unspecified atom stereocenters. The number of likely N-dealkylation sites (N-methyl/N-ethyl adjacent to an activating group) is 1. The Hall–Kier alpha value is -2.84. The number of H-pyrrole nitrogens is 1. The van der Waals surface area contributed by atoms with E-state index in [1.807, 2.05) is 18.0 Å². The molecule has 0 saturated heterocycles. The zero-order chi connectivity index (χ0) is 21.5. The second-order valence-electron chi connectivity index (χ2n) is 7.11. The molecule has 0 radical (unpaired) electrons. The molecule has 2 N–H and O–H groups in total. The molecule has 3 aromatic rings. The number of nitrogens with zero attached hydrogens (tertiary/aromatic N) is 2. The van der Waals surface area contributed by atoms with E-state index in [0.29, 0.717) is 12.1 Å². The van der Waals surface area contributed by atoms with Crippen molar-refractivity contribution in [3.63, 3.8) is 0 Å². The highest BCUT2D eigenvalue weighted by atomic mass is 19.3. The lowest BCUT2D eigenvalue weighted by atomic mass is 10.1. The maximum Gasteiger partial charge on any atom is 0.387 e. The predicted octanol–water partition coefficient (Wildman–Crippen LogP) is 4.42. The fourth-order valence-corrected chi connectivity index (χ4v) is 3.16. The molecule has 0 bridgehead atoms. The highest BCUT2D eigenvalue weighted by molar-refractivity contribution is 5.58. The lowest BCUT2D eigenvalue weighted by Gasteiger charge is -2.20. The summed E-state index contributed by atoms with van der Waals surface area (Å²) in [7, 11) is 1.91. The van der Waals surface area contributed by atoms with Crippen molar-refractivity contribution >= 4 is 0 Å². The van der Waals surface area contributed by atoms with E-state index in [1.165, 1.54) is 24.3 Å². The van der Waals surface area contributed by atoms with E-state index in [2.05, 4.69) is 14.9 Å². The third-order valence-electron chi connectivity index (χ3n) is 4.73. The minimum Gasteiger partial charge on any atom is -0.435 e. The van der Waals surface area contributed by atoms with Gasteiger partial charge in [-0.25, -0.2) is 4.39 Å². The van der Waals surface area contributed by atoms with Gasteiger partial charge < -0.3 is 14.7 Å². The Morgan fingerprint density at radius 3 is 2.47 bits per heavy atom. The molecule has 1 aromatic heterocycles. The third kappa shape index (κ3) is 6.33. The summed E-state index contributed by atoms with van der Waals surface area (Å²) in [5.74, 6) is -0.217. The molecule has 2 aromatic carbocycles. The van der Waals surface area contributed by atoms with E-state index in [-0.39, 0.29) is 11.6 Å². The number of hydrogen-bond donors (Lipinski definition) is 2. The van der Waals surface area contributed by atoms with Gasteiger partial charge in [0.1, 0.15) is 11.6 Å². The fourth-order valence-electron chi connectivity index (χ4n) is 3.16. The lowest BCUT2D eigenvalue weighted by Crippen LogP contribution is -2.26. The number of hydrogen-bond acceptors (Lipinski definition) is 4. The van der Waals surface area contributed by atoms with Gasteiger partial charge in [-0.1, -0.05) is 12.1 Å². The average Bonchev–Trinajstić information content (AvgIpc) is 3.17. The number of aliphatic hydroxyl groups excluding tert-OH is 1. The maximum atomic E-state index is 13.0. The van der Waals surface area contributed by atoms with Crippen molar-refractivity contribution in [1.82, 2.24) is 15.1 Å². The topological polar surface area (TPSA) is 61.4 Å². The Morgan fingerprint density at radius 1 is 1.10 bits per heavy atom. The molecular formula is C22H24F3N3O2. The average molecular weight is 419 g/mol. The second kappa shape index (κ2) is 10.3. The number of alkyl halides is 2. The van der Waals surface area contributed by atoms with Gasteiger partial charge >= 0.3 is 6.61 Å². The summed E-state index contributed by atoms with van der Waals surface area (Å²) in [6.07, 6.45) is 0.914. The Morgan fingerprint density at radius 2 is 1.80 bits per heavy atom. The van der Waals surface area contributed by atoms with Gasteiger partial charge in [0.2, 0.25) is 0 Å². The standard InChI is InChI=1S/C22H24F3N3O2/c1-28(14-21(29)16-6-10-19(11-7-16)30-22(24)25)12-2-3-18-13-20(27-26-18)15-4-8-17(23)9-5-15/h4-11,13,21-22,29H,2-3,12,14H2,1H3,(H,26,27). The van der Waals surface area contributed by atoms with Gasteiger partial charge in [-0.05, 0) is 74.5 Å². The van der Waals surface area contributed by atoms with Crippen LogP contribution < -0.4 is 4.74 Å². The van der Waals surface area contributed by atoms with Crippen molar-refractivity contribution < 1.29 is 23.0 Å². The van der Waals surface area contributed by atoms with Crippen LogP contribution in [0.3, 0.4) is 0 Å². The fraction of sp³-hybridized carbons (Fsp3) is 0.318. The quantitative estimate of drug-likeness (QED) is 0.511. The Balaban J connectivity index is 1.43. The van der Waals surface area contributed by atoms with Gasteiger partial charge in [0.05, 0.1) is 11.8 Å². The van der Waals surface area contributed by atoms with E-state index in [4.69, 9.17) is 0 Å². The summed E-state index contributed by atoms with van der Waals surface area (Å²) >= 11 is 0. The monoisotopic (exact) mass is 419 g/mol. The van der Waals surface area contributed by atoms with E-state index < -0.39 is 12.7 Å². The molecule has 0 saturated carbocycles. The molecular weight excluding hydrogens is 395 g/mol. The summed E-state index contributed by atoms with van der Waals surface area (Å²) < 4.78 is 41.7. The van der Waals surface area contributed by atoms with E-state index in [0.717, 1.165) is 36.3 Å². The van der Waals surface area contributed by atoms with Crippen molar-refractivity contribution in [3.05, 3.63) is 71.7 Å². The predicted molar refractivity (Wildman–Crippen MR) is 108 cm³/mol. The Labute approximate surface area is 173 Å². The molecule has 1 atom stereocenters. The second-order valence-corrected chi connectivity index (χ2v) is 7.11. The lowest BCUT2D eigenvalue weighted by molar-refractivity contribution is -0.0498. The minimum absolute atomic E-state index is 0.0638. The normalized spacial score (nSPS) is 12.5. The summed E-state index contributed by atoms with van der Waals surface area (Å²) in [6.45, 7) is -1.69. The summed E-state index contributed by atoms with van der Waals surface area (Å²) in [5.41, 5.74) is 3.25. The van der Waals surface area contributed by atoms with Crippen LogP contribution in [0.4, 0.5) is 13.2 Å². The van der Waals surface area contributed by atoms with Crippen LogP contribution in [0, 0.1) is 5.82 Å². The molecule has 0 fully saturated rings. The molecule has 0 aliphatic carbocycles. The first-order chi connectivity index (χ1) is 14.4. The van der Waals surface area contributed by atoms with Gasteiger partial charge in [0.25, 0.3) is 0 Å². The number of ether oxygens (including phenoxy) is 1. The largest absolute Gasteiger partial charge is 0.435 e. The van der Waals surface area contributed by atoms with Crippen molar-refractivity contribution in [3.8, 4) is 17.0 Å². The molecule has 160 valence electrons. The van der Waals surface area contributed by atoms with Crippen molar-refractivity contribution in [2.24, 2.45) is 0 Å². The zero-order valence-corrected chi connectivity index (χ0v) is 16.6. The van der Waals surface area contributed by atoms with Crippen LogP contribution in [0.15, 0.2) is 54.6 Å². The van der Waals surface area contributed by atoms with Crippen LogP contribution >= 0.6 is 0 Å². The van der Waals surface area contributed by atoms with Gasteiger partial charge in [-0.15, -0.1) is 0 Å². The number of aromatic nitrogens is 2. The molecule has 8 heteroatoms. The molecule has 1 heterocycles. The molecule has 0 aliphatic heterocycles. The molecule has 3 rings (SSSR count). The number of benzene rings is 2. The highest BCUT2D eigenvalue weighted by Gasteiger charge is 2.12. The van der Waals surface area contributed by atoms with Gasteiger partial charge in [0.15, 0.2) is 0 Å². The van der Waals surface area contributed by atoms with E-state index >= 15 is 0 Å². The van der Waals surface area contributed by atoms with Crippen LogP contribution in [0.5, 0.6) is 5.75 Å². The molecule has 0 amide bonds. The van der Waals surface area contributed by atoms with E-state index in [9.17, 15) is 18.3 Å². The Kier molecular flexibility index (Phi) is 7.48. The summed E-state index contributed by atoms with van der Waals surface area (Å²) in [4.78, 5) is 2.01. The number of rotatable bonds is 10. The zero-order valence-electron chi connectivity index (χ0n) is 16.6. The first-order valence-electron chi connectivity index (χ1n) is 9.62. The third-order valence-corrected chi connectivity index (χ3v) is 4.73. The molecule has 0 aliphatic rings. The number of aryl methyl sites for hydroxylation is 1. The van der Waals surface area contributed by atoms with Crippen LogP contribution in [-0.4, -0.2) is 47.0 Å². The van der Waals surface area contributed by atoms with Gasteiger partial charge in [-0.3, -0.25) is 5.10 Å². The summed E-state index contributed by atoms with van der Waals surface area (Å²) in [6, 6.07) is 14.1. The minimum atomic E-state index is -2.87. The first-order valence-corrected chi connectivity index (χ1v) is 9.62. The molecule has 0 spiro atoms. The summed E-state index contributed by atoms with van der Waals surface area (Å²) in [5, 5.41) is 17.6. The number of nitrogens with one attached hydrogen (secondary N) is 1. The molecule has 30 heavy (non-hydrogen) atoms. The van der Waals surface area contributed by atoms with Crippen molar-refractivity contribution in [2.75, 3.05) is 20.1 Å². The SMILES string of the molecule is CN(CCCc1cc(-c2ccc(F)cc2)n[nH]1)CC(O)c1ccc(OC(F)F)cc1. The molecule has 5 nitrogen and oxygen atoms in total. The van der Waals surface area contributed by atoms with E-state index in [1.54, 1.807) is 24.3 Å². The van der Waals surface area contributed by atoms with Crippen LogP contribution in [0.2, 0.25) is 0 Å². The van der Waals surface area contributed by atoms with Crippen molar-refractivity contribution in [1.29, 1.82) is 0 Å². The smallest absolute Gasteiger partial charge is 0.387 e. The highest BCUT2D eigenvalue weighted by Crippen LogP contribution is 2.21. The van der Waals surface area contributed by atoms with Crippen LogP contribution in [-0.2, 0) is 6.42 Å². The van der Waals surface area contributed by atoms with Crippen molar-refractivity contribution in [2.45, 2.75) is 25.6 Å².